The molecule has 5 heteroatoms. The predicted octanol–water partition coefficient (Wildman–Crippen LogP) is 14.1. The van der Waals surface area contributed by atoms with Gasteiger partial charge in [-0.3, -0.25) is 4.57 Å². The van der Waals surface area contributed by atoms with Gasteiger partial charge in [0.05, 0.1) is 28.1 Å². The van der Waals surface area contributed by atoms with Gasteiger partial charge in [0.25, 0.3) is 0 Å². The summed E-state index contributed by atoms with van der Waals surface area (Å²) in [5.41, 5.74) is 12.8. The van der Waals surface area contributed by atoms with Gasteiger partial charge in [-0.1, -0.05) is 136 Å². The van der Waals surface area contributed by atoms with Crippen LogP contribution in [0.4, 0.5) is 22.7 Å². The van der Waals surface area contributed by atoms with Gasteiger partial charge in [0.2, 0.25) is 0 Å². The SMILES string of the molecule is CC(C)(C)c1ccnc(-n2c3ccccc3c3ccc(Oc4cccc(N5CN(c6c(C7=CCC=CC=C7)cccc6-c6ccccc6)c6ccccc65)c4)cc32)c1. The van der Waals surface area contributed by atoms with Crippen LogP contribution in [-0.4, -0.2) is 16.2 Å². The zero-order chi connectivity index (χ0) is 39.2. The molecule has 6 aromatic carbocycles. The maximum atomic E-state index is 6.74. The molecular weight excluding hydrogens is 709 g/mol. The van der Waals surface area contributed by atoms with Crippen LogP contribution in [0, 0.1) is 0 Å². The molecule has 282 valence electrons. The fraction of sp³-hybridized carbons (Fsp3) is 0.113. The van der Waals surface area contributed by atoms with E-state index in [1.807, 2.05) is 12.3 Å². The minimum Gasteiger partial charge on any atom is -0.457 e. The van der Waals surface area contributed by atoms with Crippen molar-refractivity contribution in [3.63, 3.8) is 0 Å². The van der Waals surface area contributed by atoms with Gasteiger partial charge < -0.3 is 14.5 Å². The first kappa shape index (κ1) is 35.3. The second-order valence-corrected chi connectivity index (χ2v) is 16.0. The van der Waals surface area contributed by atoms with Crippen LogP contribution >= 0.6 is 0 Å². The fourth-order valence-corrected chi connectivity index (χ4v) is 8.44. The van der Waals surface area contributed by atoms with Crippen molar-refractivity contribution in [1.29, 1.82) is 0 Å². The number of aromatic nitrogens is 2. The summed E-state index contributed by atoms with van der Waals surface area (Å²) < 4.78 is 9.01. The van der Waals surface area contributed by atoms with Gasteiger partial charge in [-0.25, -0.2) is 4.98 Å². The highest BCUT2D eigenvalue weighted by atomic mass is 16.5. The van der Waals surface area contributed by atoms with E-state index in [-0.39, 0.29) is 5.41 Å². The lowest BCUT2D eigenvalue weighted by Crippen LogP contribution is -2.25. The number of anilines is 4. The van der Waals surface area contributed by atoms with E-state index in [1.165, 1.54) is 38.9 Å². The lowest BCUT2D eigenvalue weighted by Gasteiger charge is -2.27. The Morgan fingerprint density at radius 1 is 0.603 bits per heavy atom. The Labute approximate surface area is 340 Å². The zero-order valence-electron chi connectivity index (χ0n) is 33.0. The van der Waals surface area contributed by atoms with Crippen LogP contribution in [0.25, 0.3) is 44.3 Å². The maximum Gasteiger partial charge on any atom is 0.137 e. The minimum atomic E-state index is -0.00235. The molecule has 0 fully saturated rings. The van der Waals surface area contributed by atoms with Gasteiger partial charge >= 0.3 is 0 Å². The lowest BCUT2D eigenvalue weighted by molar-refractivity contribution is 0.483. The van der Waals surface area contributed by atoms with Crippen LogP contribution in [0.3, 0.4) is 0 Å². The summed E-state index contributed by atoms with van der Waals surface area (Å²) in [5.74, 6) is 2.44. The van der Waals surface area contributed by atoms with E-state index in [9.17, 15) is 0 Å². The molecule has 1 aliphatic carbocycles. The van der Waals surface area contributed by atoms with E-state index < -0.39 is 0 Å². The molecule has 0 saturated heterocycles. The van der Waals surface area contributed by atoms with Gasteiger partial charge in [-0.2, -0.15) is 0 Å². The molecule has 2 aromatic heterocycles. The number of hydrogen-bond donors (Lipinski definition) is 0. The van der Waals surface area contributed by atoms with Crippen molar-refractivity contribution in [2.45, 2.75) is 32.6 Å². The third-order valence-electron chi connectivity index (χ3n) is 11.3. The highest BCUT2D eigenvalue weighted by Gasteiger charge is 2.31. The molecule has 5 nitrogen and oxygen atoms in total. The summed E-state index contributed by atoms with van der Waals surface area (Å²) in [6, 6.07) is 53.9. The third kappa shape index (κ3) is 6.35. The number of pyridine rings is 1. The molecule has 10 rings (SSSR count). The van der Waals surface area contributed by atoms with Crippen LogP contribution in [-0.2, 0) is 5.41 Å². The topological polar surface area (TPSA) is 33.5 Å². The Morgan fingerprint density at radius 2 is 1.34 bits per heavy atom. The predicted molar refractivity (Wildman–Crippen MR) is 242 cm³/mol. The number of para-hydroxylation sites is 4. The molecule has 0 spiro atoms. The molecule has 0 unspecified atom stereocenters. The smallest absolute Gasteiger partial charge is 0.137 e. The van der Waals surface area contributed by atoms with Crippen LogP contribution in [0.5, 0.6) is 11.5 Å². The quantitative estimate of drug-likeness (QED) is 0.162. The second kappa shape index (κ2) is 14.4. The Bertz CT molecular complexity index is 2930. The number of rotatable bonds is 7. The largest absolute Gasteiger partial charge is 0.457 e. The van der Waals surface area contributed by atoms with Crippen LogP contribution in [0.2, 0.25) is 0 Å². The van der Waals surface area contributed by atoms with Crippen molar-refractivity contribution in [2.75, 3.05) is 16.5 Å². The molecule has 0 atom stereocenters. The van der Waals surface area contributed by atoms with Crippen molar-refractivity contribution in [1.82, 2.24) is 9.55 Å². The molecule has 0 amide bonds. The number of hydrogen-bond acceptors (Lipinski definition) is 4. The Balaban J connectivity index is 1.03. The van der Waals surface area contributed by atoms with Gasteiger partial charge in [0.15, 0.2) is 0 Å². The standard InChI is InChI=1S/C53H44N4O/c1-53(2,3)39-31-32-54-51(33-39)57-47-26-12-11-23-45(47)46-30-29-42(35-50(46)57)58-41-22-15-21-40(34-41)55-36-56(49-28-14-13-27-48(49)55)52-43(37-17-7-4-5-8-18-37)24-16-25-44(52)38-19-9-6-10-20-38/h4-7,9-35H,8,36H2,1-3H3. The molecule has 0 bridgehead atoms. The number of allylic oxidation sites excluding steroid dienone is 6. The minimum absolute atomic E-state index is 0.00235. The normalized spacial score (nSPS) is 13.9. The van der Waals surface area contributed by atoms with Gasteiger partial charge in [-0.15, -0.1) is 0 Å². The zero-order valence-corrected chi connectivity index (χ0v) is 33.0. The number of benzene rings is 6. The van der Waals surface area contributed by atoms with Crippen molar-refractivity contribution < 1.29 is 4.74 Å². The van der Waals surface area contributed by atoms with E-state index in [1.54, 1.807) is 0 Å². The average Bonchev–Trinajstić information content (AvgIpc) is 3.66. The summed E-state index contributed by atoms with van der Waals surface area (Å²) in [4.78, 5) is 9.74. The van der Waals surface area contributed by atoms with E-state index in [0.29, 0.717) is 6.67 Å². The lowest BCUT2D eigenvalue weighted by atomic mass is 9.88. The molecule has 0 N–H and O–H groups in total. The second-order valence-electron chi connectivity index (χ2n) is 16.0. The maximum absolute atomic E-state index is 6.74. The molecule has 58 heavy (non-hydrogen) atoms. The van der Waals surface area contributed by atoms with Crippen molar-refractivity contribution >= 4 is 50.1 Å². The van der Waals surface area contributed by atoms with Crippen LogP contribution in [0.1, 0.15) is 38.3 Å². The summed E-state index contributed by atoms with van der Waals surface area (Å²) >= 11 is 0. The van der Waals surface area contributed by atoms with E-state index >= 15 is 0 Å². The first-order valence-electron chi connectivity index (χ1n) is 20.0. The Kier molecular flexibility index (Phi) is 8.79. The van der Waals surface area contributed by atoms with Gasteiger partial charge in [-0.05, 0) is 83.1 Å². The molecule has 2 aliphatic rings. The van der Waals surface area contributed by atoms with E-state index in [4.69, 9.17) is 9.72 Å². The van der Waals surface area contributed by atoms with Crippen molar-refractivity contribution in [3.05, 3.63) is 199 Å². The summed E-state index contributed by atoms with van der Waals surface area (Å²) in [5, 5.41) is 2.35. The monoisotopic (exact) mass is 752 g/mol. The van der Waals surface area contributed by atoms with Crippen LogP contribution < -0.4 is 14.5 Å². The van der Waals surface area contributed by atoms with E-state index in [0.717, 1.165) is 57.2 Å². The number of nitrogens with zero attached hydrogens (tertiary/aromatic N) is 4. The average molecular weight is 753 g/mol. The van der Waals surface area contributed by atoms with Gasteiger partial charge in [0, 0.05) is 45.9 Å². The van der Waals surface area contributed by atoms with Crippen LogP contribution in [0.15, 0.2) is 188 Å². The molecular formula is C53H44N4O. The number of fused-ring (bicyclic) bond motifs is 4. The van der Waals surface area contributed by atoms with Gasteiger partial charge in [0.1, 0.15) is 24.0 Å². The first-order valence-corrected chi connectivity index (χ1v) is 20.0. The summed E-state index contributed by atoms with van der Waals surface area (Å²) in [6.45, 7) is 7.36. The Hall–Kier alpha value is -7.11. The summed E-state index contributed by atoms with van der Waals surface area (Å²) in [6.07, 6.45) is 13.8. The first-order chi connectivity index (χ1) is 28.4. The Morgan fingerprint density at radius 3 is 2.21 bits per heavy atom. The molecule has 1 aliphatic heterocycles. The third-order valence-corrected chi connectivity index (χ3v) is 11.3. The fourth-order valence-electron chi connectivity index (χ4n) is 8.44. The summed E-state index contributed by atoms with van der Waals surface area (Å²) in [7, 11) is 0. The van der Waals surface area contributed by atoms with Crippen molar-refractivity contribution in [3.8, 4) is 28.4 Å². The highest BCUT2D eigenvalue weighted by molar-refractivity contribution is 6.09. The molecule has 0 saturated carbocycles. The highest BCUT2D eigenvalue weighted by Crippen LogP contribution is 2.49. The van der Waals surface area contributed by atoms with E-state index in [2.05, 4.69) is 211 Å². The number of ether oxygens (including phenoxy) is 1. The molecule has 3 heterocycles. The molecule has 0 radical (unpaired) electrons. The molecule has 8 aromatic rings. The van der Waals surface area contributed by atoms with Crippen molar-refractivity contribution in [2.24, 2.45) is 0 Å².